The molecule has 1 amide bonds. The van der Waals surface area contributed by atoms with Crippen LogP contribution in [0.1, 0.15) is 19.8 Å². The van der Waals surface area contributed by atoms with Crippen molar-refractivity contribution in [3.8, 4) is 0 Å². The van der Waals surface area contributed by atoms with Gasteiger partial charge in [-0.3, -0.25) is 9.59 Å². The Hall–Kier alpha value is -1.36. The van der Waals surface area contributed by atoms with Gasteiger partial charge in [0.05, 0.1) is 19.1 Å². The molecule has 1 unspecified atom stereocenters. The van der Waals surface area contributed by atoms with Crippen molar-refractivity contribution in [1.82, 2.24) is 4.90 Å². The lowest BCUT2D eigenvalue weighted by Gasteiger charge is -2.27. The van der Waals surface area contributed by atoms with E-state index in [2.05, 4.69) is 6.58 Å². The highest BCUT2D eigenvalue weighted by molar-refractivity contribution is 5.84. The molecule has 0 spiro atoms. The van der Waals surface area contributed by atoms with Crippen molar-refractivity contribution in [2.45, 2.75) is 19.8 Å². The SMILES string of the molecule is C=CCN(CC(=O)OCC)C(=O)C1CCCOC1. The third-order valence-electron chi connectivity index (χ3n) is 2.80. The summed E-state index contributed by atoms with van der Waals surface area (Å²) in [6, 6.07) is 0. The van der Waals surface area contributed by atoms with Gasteiger partial charge in [-0.25, -0.2) is 0 Å². The first-order chi connectivity index (χ1) is 8.69. The molecular weight excluding hydrogens is 234 g/mol. The molecule has 0 N–H and O–H groups in total. The van der Waals surface area contributed by atoms with Crippen LogP contribution in [0.3, 0.4) is 0 Å². The van der Waals surface area contributed by atoms with E-state index in [4.69, 9.17) is 9.47 Å². The number of esters is 1. The molecule has 0 saturated carbocycles. The fourth-order valence-corrected chi connectivity index (χ4v) is 1.94. The van der Waals surface area contributed by atoms with E-state index < -0.39 is 0 Å². The molecule has 0 aromatic heterocycles. The van der Waals surface area contributed by atoms with Crippen LogP contribution in [0.4, 0.5) is 0 Å². The summed E-state index contributed by atoms with van der Waals surface area (Å²) in [5.41, 5.74) is 0. The van der Waals surface area contributed by atoms with E-state index in [9.17, 15) is 9.59 Å². The third kappa shape index (κ3) is 4.49. The quantitative estimate of drug-likeness (QED) is 0.524. The maximum Gasteiger partial charge on any atom is 0.325 e. The van der Waals surface area contributed by atoms with Gasteiger partial charge >= 0.3 is 5.97 Å². The summed E-state index contributed by atoms with van der Waals surface area (Å²) in [5, 5.41) is 0. The topological polar surface area (TPSA) is 55.8 Å². The van der Waals surface area contributed by atoms with Crippen LogP contribution in [0.25, 0.3) is 0 Å². The van der Waals surface area contributed by atoms with Crippen LogP contribution in [0.5, 0.6) is 0 Å². The Morgan fingerprint density at radius 2 is 2.33 bits per heavy atom. The van der Waals surface area contributed by atoms with E-state index in [-0.39, 0.29) is 24.3 Å². The molecule has 102 valence electrons. The second kappa shape index (κ2) is 7.87. The van der Waals surface area contributed by atoms with Gasteiger partial charge < -0.3 is 14.4 Å². The zero-order chi connectivity index (χ0) is 13.4. The number of rotatable bonds is 6. The number of carbonyl (C=O) groups is 2. The summed E-state index contributed by atoms with van der Waals surface area (Å²) in [7, 11) is 0. The molecule has 1 aliphatic rings. The number of hydrogen-bond donors (Lipinski definition) is 0. The predicted molar refractivity (Wildman–Crippen MR) is 67.0 cm³/mol. The fourth-order valence-electron chi connectivity index (χ4n) is 1.94. The molecule has 1 saturated heterocycles. The van der Waals surface area contributed by atoms with E-state index in [1.54, 1.807) is 13.0 Å². The zero-order valence-corrected chi connectivity index (χ0v) is 10.9. The highest BCUT2D eigenvalue weighted by atomic mass is 16.5. The van der Waals surface area contributed by atoms with Crippen molar-refractivity contribution in [3.05, 3.63) is 12.7 Å². The van der Waals surface area contributed by atoms with Crippen LogP contribution < -0.4 is 0 Å². The minimum absolute atomic E-state index is 0.0187. The third-order valence-corrected chi connectivity index (χ3v) is 2.80. The standard InChI is InChI=1S/C13H21NO4/c1-3-7-14(9-12(15)18-4-2)13(16)11-6-5-8-17-10-11/h3,11H,1,4-10H2,2H3. The first-order valence-electron chi connectivity index (χ1n) is 6.32. The number of carbonyl (C=O) groups excluding carboxylic acids is 2. The highest BCUT2D eigenvalue weighted by Crippen LogP contribution is 2.16. The average molecular weight is 255 g/mol. The number of amides is 1. The van der Waals surface area contributed by atoms with Gasteiger partial charge in [0.2, 0.25) is 5.91 Å². The van der Waals surface area contributed by atoms with Gasteiger partial charge in [-0.05, 0) is 19.8 Å². The predicted octanol–water partition coefficient (Wildman–Crippen LogP) is 0.991. The Labute approximate surface area is 108 Å². The fraction of sp³-hybridized carbons (Fsp3) is 0.692. The smallest absolute Gasteiger partial charge is 0.325 e. The maximum atomic E-state index is 12.2. The van der Waals surface area contributed by atoms with E-state index in [0.29, 0.717) is 26.4 Å². The van der Waals surface area contributed by atoms with Crippen molar-refractivity contribution in [1.29, 1.82) is 0 Å². The Morgan fingerprint density at radius 3 is 2.89 bits per heavy atom. The van der Waals surface area contributed by atoms with Crippen molar-refractivity contribution < 1.29 is 19.1 Å². The molecule has 1 heterocycles. The summed E-state index contributed by atoms with van der Waals surface area (Å²) < 4.78 is 10.2. The monoisotopic (exact) mass is 255 g/mol. The van der Waals surface area contributed by atoms with Gasteiger partial charge in [0.25, 0.3) is 0 Å². The summed E-state index contributed by atoms with van der Waals surface area (Å²) in [4.78, 5) is 25.1. The van der Waals surface area contributed by atoms with Crippen molar-refractivity contribution >= 4 is 11.9 Å². The van der Waals surface area contributed by atoms with Crippen LogP contribution >= 0.6 is 0 Å². The Balaban J connectivity index is 2.55. The molecule has 0 radical (unpaired) electrons. The lowest BCUT2D eigenvalue weighted by Crippen LogP contribution is -2.42. The molecule has 0 aromatic carbocycles. The minimum Gasteiger partial charge on any atom is -0.465 e. The lowest BCUT2D eigenvalue weighted by atomic mass is 10.0. The molecule has 1 fully saturated rings. The van der Waals surface area contributed by atoms with Crippen LogP contribution in [0, 0.1) is 5.92 Å². The van der Waals surface area contributed by atoms with Crippen LogP contribution in [-0.4, -0.2) is 49.7 Å². The van der Waals surface area contributed by atoms with Gasteiger partial charge in [0.15, 0.2) is 0 Å². The number of hydrogen-bond acceptors (Lipinski definition) is 4. The molecular formula is C13H21NO4. The van der Waals surface area contributed by atoms with E-state index in [0.717, 1.165) is 12.8 Å². The van der Waals surface area contributed by atoms with Gasteiger partial charge in [-0.15, -0.1) is 6.58 Å². The minimum atomic E-state index is -0.385. The number of ether oxygens (including phenoxy) is 2. The summed E-state index contributed by atoms with van der Waals surface area (Å²) in [6.07, 6.45) is 3.31. The summed E-state index contributed by atoms with van der Waals surface area (Å²) in [5.74, 6) is -0.583. The molecule has 5 nitrogen and oxygen atoms in total. The first-order valence-corrected chi connectivity index (χ1v) is 6.32. The Kier molecular flexibility index (Phi) is 6.43. The molecule has 1 rings (SSSR count). The Morgan fingerprint density at radius 1 is 1.56 bits per heavy atom. The van der Waals surface area contributed by atoms with E-state index in [1.165, 1.54) is 4.90 Å². The second-order valence-corrected chi connectivity index (χ2v) is 4.23. The molecule has 1 aliphatic heterocycles. The molecule has 0 aromatic rings. The first kappa shape index (κ1) is 14.7. The van der Waals surface area contributed by atoms with Gasteiger partial charge in [-0.1, -0.05) is 6.08 Å². The molecule has 0 aliphatic carbocycles. The summed E-state index contributed by atoms with van der Waals surface area (Å²) >= 11 is 0. The largest absolute Gasteiger partial charge is 0.465 e. The lowest BCUT2D eigenvalue weighted by molar-refractivity contribution is -0.151. The molecule has 18 heavy (non-hydrogen) atoms. The summed E-state index contributed by atoms with van der Waals surface area (Å²) in [6.45, 7) is 7.16. The normalized spacial score (nSPS) is 19.1. The Bertz CT molecular complexity index is 297. The molecule has 5 heteroatoms. The van der Waals surface area contributed by atoms with Crippen LogP contribution in [-0.2, 0) is 19.1 Å². The van der Waals surface area contributed by atoms with Gasteiger partial charge in [0, 0.05) is 13.2 Å². The number of nitrogens with zero attached hydrogens (tertiary/aromatic N) is 1. The zero-order valence-electron chi connectivity index (χ0n) is 10.9. The molecule has 1 atom stereocenters. The average Bonchev–Trinajstić information content (AvgIpc) is 2.39. The van der Waals surface area contributed by atoms with Gasteiger partial charge in [-0.2, -0.15) is 0 Å². The van der Waals surface area contributed by atoms with Crippen molar-refractivity contribution in [3.63, 3.8) is 0 Å². The second-order valence-electron chi connectivity index (χ2n) is 4.23. The van der Waals surface area contributed by atoms with Gasteiger partial charge in [0.1, 0.15) is 6.54 Å². The van der Waals surface area contributed by atoms with E-state index in [1.807, 2.05) is 0 Å². The molecule has 0 bridgehead atoms. The highest BCUT2D eigenvalue weighted by Gasteiger charge is 2.27. The van der Waals surface area contributed by atoms with Crippen molar-refractivity contribution in [2.75, 3.05) is 32.9 Å². The van der Waals surface area contributed by atoms with Crippen LogP contribution in [0.2, 0.25) is 0 Å². The maximum absolute atomic E-state index is 12.2. The van der Waals surface area contributed by atoms with E-state index >= 15 is 0 Å². The van der Waals surface area contributed by atoms with Crippen molar-refractivity contribution in [2.24, 2.45) is 5.92 Å². The van der Waals surface area contributed by atoms with Crippen LogP contribution in [0.15, 0.2) is 12.7 Å².